The summed E-state index contributed by atoms with van der Waals surface area (Å²) in [6.45, 7) is 9.32. The van der Waals surface area contributed by atoms with Gasteiger partial charge in [-0.3, -0.25) is 10.1 Å². The molecule has 0 aliphatic rings. The molecule has 0 saturated heterocycles. The van der Waals surface area contributed by atoms with Gasteiger partial charge < -0.3 is 9.55 Å². The highest BCUT2D eigenvalue weighted by molar-refractivity contribution is 7.99. The molecule has 2 aromatic heterocycles. The number of imidazole rings is 2. The summed E-state index contributed by atoms with van der Waals surface area (Å²) in [4.78, 5) is 23.2. The van der Waals surface area contributed by atoms with Crippen molar-refractivity contribution in [2.24, 2.45) is 5.92 Å². The van der Waals surface area contributed by atoms with Crippen molar-refractivity contribution in [2.75, 3.05) is 11.1 Å². The molecule has 2 heterocycles. The quantitative estimate of drug-likeness (QED) is 0.804. The number of nitrogens with zero attached hydrogens (tertiary/aromatic N) is 3. The molecule has 2 rings (SSSR count). The molecule has 0 spiro atoms. The van der Waals surface area contributed by atoms with Gasteiger partial charge in [0.25, 0.3) is 0 Å². The lowest BCUT2D eigenvalue weighted by atomic mass is 10.2. The fraction of sp³-hybridized carbons (Fsp3) is 0.500. The maximum absolute atomic E-state index is 11.9. The lowest BCUT2D eigenvalue weighted by Gasteiger charge is -2.12. The highest BCUT2D eigenvalue weighted by atomic mass is 32.2. The minimum absolute atomic E-state index is 0.0932. The van der Waals surface area contributed by atoms with E-state index < -0.39 is 0 Å². The van der Waals surface area contributed by atoms with Crippen LogP contribution in [0.3, 0.4) is 0 Å². The maximum atomic E-state index is 11.9. The van der Waals surface area contributed by atoms with Crippen LogP contribution in [0.25, 0.3) is 0 Å². The van der Waals surface area contributed by atoms with Crippen LogP contribution >= 0.6 is 11.8 Å². The number of carbonyl (C=O) groups is 1. The molecule has 0 aromatic carbocycles. The predicted octanol–water partition coefficient (Wildman–Crippen LogP) is 2.61. The molecule has 0 atom stereocenters. The Balaban J connectivity index is 1.99. The normalized spacial score (nSPS) is 11.1. The summed E-state index contributed by atoms with van der Waals surface area (Å²) in [6, 6.07) is 0. The van der Waals surface area contributed by atoms with E-state index in [9.17, 15) is 4.79 Å². The summed E-state index contributed by atoms with van der Waals surface area (Å²) in [7, 11) is 0. The number of rotatable bonds is 6. The third-order valence-electron chi connectivity index (χ3n) is 3.06. The zero-order valence-electron chi connectivity index (χ0n) is 12.8. The number of amides is 1. The van der Waals surface area contributed by atoms with E-state index in [1.807, 2.05) is 6.92 Å². The Morgan fingerprint density at radius 1 is 1.48 bits per heavy atom. The van der Waals surface area contributed by atoms with Crippen LogP contribution in [0.4, 0.5) is 5.95 Å². The number of aromatic amines is 1. The number of anilines is 1. The number of thioether (sulfide) groups is 1. The number of aromatic nitrogens is 4. The van der Waals surface area contributed by atoms with Crippen molar-refractivity contribution >= 4 is 23.6 Å². The fourth-order valence-corrected chi connectivity index (χ4v) is 2.85. The van der Waals surface area contributed by atoms with Gasteiger partial charge in [0.05, 0.1) is 11.4 Å². The Hall–Kier alpha value is -1.76. The van der Waals surface area contributed by atoms with Gasteiger partial charge in [0.15, 0.2) is 5.16 Å². The van der Waals surface area contributed by atoms with E-state index in [0.29, 0.717) is 17.6 Å². The Morgan fingerprint density at radius 2 is 2.24 bits per heavy atom. The molecule has 0 radical (unpaired) electrons. The predicted molar refractivity (Wildman–Crippen MR) is 84.5 cm³/mol. The molecule has 2 aromatic rings. The van der Waals surface area contributed by atoms with Crippen molar-refractivity contribution in [3.63, 3.8) is 0 Å². The van der Waals surface area contributed by atoms with Gasteiger partial charge in [-0.2, -0.15) is 0 Å². The Bertz CT molecular complexity index is 603. The lowest BCUT2D eigenvalue weighted by Crippen LogP contribution is -2.16. The summed E-state index contributed by atoms with van der Waals surface area (Å²) < 4.78 is 2.19. The maximum Gasteiger partial charge on any atom is 0.237 e. The van der Waals surface area contributed by atoms with Gasteiger partial charge in [0.2, 0.25) is 11.9 Å². The first-order valence-electron chi connectivity index (χ1n) is 6.93. The fourth-order valence-electron chi connectivity index (χ4n) is 1.95. The molecule has 0 fully saturated rings. The van der Waals surface area contributed by atoms with Crippen molar-refractivity contribution in [1.82, 2.24) is 19.5 Å². The average molecular weight is 307 g/mol. The van der Waals surface area contributed by atoms with Gasteiger partial charge >= 0.3 is 0 Å². The molecule has 114 valence electrons. The van der Waals surface area contributed by atoms with Gasteiger partial charge in [-0.15, -0.1) is 0 Å². The second kappa shape index (κ2) is 6.80. The standard InChI is InChI=1S/C14H21N5OS/c1-9(2)7-19-11(4)10(3)17-14(19)21-8-12(20)18-13-15-5-6-16-13/h5-6,9H,7-8H2,1-4H3,(H2,15,16,18,20). The van der Waals surface area contributed by atoms with E-state index in [4.69, 9.17) is 0 Å². The summed E-state index contributed by atoms with van der Waals surface area (Å²) in [6.07, 6.45) is 3.27. The highest BCUT2D eigenvalue weighted by Gasteiger charge is 2.14. The summed E-state index contributed by atoms with van der Waals surface area (Å²) in [5.74, 6) is 1.23. The van der Waals surface area contributed by atoms with Crippen molar-refractivity contribution < 1.29 is 4.79 Å². The average Bonchev–Trinajstić information content (AvgIpc) is 3.00. The topological polar surface area (TPSA) is 75.6 Å². The number of nitrogens with one attached hydrogen (secondary N) is 2. The van der Waals surface area contributed by atoms with Crippen molar-refractivity contribution in [2.45, 2.75) is 39.4 Å². The third-order valence-corrected chi connectivity index (χ3v) is 4.04. The van der Waals surface area contributed by atoms with Crippen LogP contribution in [0, 0.1) is 19.8 Å². The summed E-state index contributed by atoms with van der Waals surface area (Å²) in [5.41, 5.74) is 2.18. The van der Waals surface area contributed by atoms with Crippen LogP contribution in [0.1, 0.15) is 25.2 Å². The smallest absolute Gasteiger partial charge is 0.237 e. The van der Waals surface area contributed by atoms with Crippen molar-refractivity contribution in [3.05, 3.63) is 23.8 Å². The molecular formula is C14H21N5OS. The highest BCUT2D eigenvalue weighted by Crippen LogP contribution is 2.22. The van der Waals surface area contributed by atoms with E-state index in [0.717, 1.165) is 23.1 Å². The van der Waals surface area contributed by atoms with Crippen LogP contribution < -0.4 is 5.32 Å². The van der Waals surface area contributed by atoms with Gasteiger partial charge in [-0.1, -0.05) is 25.6 Å². The van der Waals surface area contributed by atoms with E-state index in [-0.39, 0.29) is 5.91 Å². The van der Waals surface area contributed by atoms with Gasteiger partial charge in [-0.05, 0) is 19.8 Å². The lowest BCUT2D eigenvalue weighted by molar-refractivity contribution is -0.113. The SMILES string of the molecule is Cc1nc(SCC(=O)Nc2ncc[nH]2)n(CC(C)C)c1C. The van der Waals surface area contributed by atoms with Crippen molar-refractivity contribution in [3.8, 4) is 0 Å². The second-order valence-corrected chi connectivity index (χ2v) is 6.29. The molecule has 1 amide bonds. The van der Waals surface area contributed by atoms with Crippen LogP contribution in [-0.2, 0) is 11.3 Å². The van der Waals surface area contributed by atoms with Gasteiger partial charge in [-0.25, -0.2) is 9.97 Å². The molecule has 0 bridgehead atoms. The first-order valence-corrected chi connectivity index (χ1v) is 7.91. The van der Waals surface area contributed by atoms with E-state index in [2.05, 4.69) is 45.6 Å². The van der Waals surface area contributed by atoms with E-state index in [1.54, 1.807) is 12.4 Å². The molecule has 2 N–H and O–H groups in total. The minimum atomic E-state index is -0.0932. The van der Waals surface area contributed by atoms with Crippen LogP contribution in [0.5, 0.6) is 0 Å². The minimum Gasteiger partial charge on any atom is -0.331 e. The number of H-pyrrole nitrogens is 1. The molecule has 0 unspecified atom stereocenters. The van der Waals surface area contributed by atoms with E-state index >= 15 is 0 Å². The Morgan fingerprint density at radius 3 is 2.86 bits per heavy atom. The Labute approximate surface area is 128 Å². The molecule has 0 aliphatic heterocycles. The van der Waals surface area contributed by atoms with Crippen molar-refractivity contribution in [1.29, 1.82) is 0 Å². The zero-order valence-corrected chi connectivity index (χ0v) is 13.6. The number of hydrogen-bond donors (Lipinski definition) is 2. The molecule has 21 heavy (non-hydrogen) atoms. The molecule has 6 nitrogen and oxygen atoms in total. The van der Waals surface area contributed by atoms with Gasteiger partial charge in [0.1, 0.15) is 0 Å². The Kier molecular flexibility index (Phi) is 5.06. The van der Waals surface area contributed by atoms with Crippen LogP contribution in [0.2, 0.25) is 0 Å². The molecule has 0 saturated carbocycles. The first kappa shape index (κ1) is 15.6. The first-order chi connectivity index (χ1) is 9.97. The molecule has 0 aliphatic carbocycles. The third kappa shape index (κ3) is 4.10. The van der Waals surface area contributed by atoms with Crippen LogP contribution in [0.15, 0.2) is 17.6 Å². The number of carbonyl (C=O) groups excluding carboxylic acids is 1. The number of aryl methyl sites for hydroxylation is 1. The summed E-state index contributed by atoms with van der Waals surface area (Å²) in [5, 5.41) is 3.61. The second-order valence-electron chi connectivity index (χ2n) is 5.34. The van der Waals surface area contributed by atoms with E-state index in [1.165, 1.54) is 11.8 Å². The monoisotopic (exact) mass is 307 g/mol. The van der Waals surface area contributed by atoms with Gasteiger partial charge in [0, 0.05) is 24.6 Å². The largest absolute Gasteiger partial charge is 0.331 e. The number of hydrogen-bond acceptors (Lipinski definition) is 4. The molecule has 7 heteroatoms. The summed E-state index contributed by atoms with van der Waals surface area (Å²) >= 11 is 1.45. The van der Waals surface area contributed by atoms with Crippen LogP contribution in [-0.4, -0.2) is 31.2 Å². The zero-order chi connectivity index (χ0) is 15.4. The molecular weight excluding hydrogens is 286 g/mol.